The molecule has 6 heterocycles. The number of sulfone groups is 2. The van der Waals surface area contributed by atoms with Gasteiger partial charge in [-0.25, -0.2) is 54.3 Å². The average molecular weight is 1150 g/mol. The molecule has 32 heteroatoms. The van der Waals surface area contributed by atoms with E-state index in [0.717, 1.165) is 0 Å². The Morgan fingerprint density at radius 1 is 0.526 bits per heavy atom. The van der Waals surface area contributed by atoms with Crippen LogP contribution in [0.1, 0.15) is 98.5 Å². The highest BCUT2D eigenvalue weighted by Gasteiger charge is 2.46. The van der Waals surface area contributed by atoms with Gasteiger partial charge in [0.15, 0.2) is 54.3 Å². The Morgan fingerprint density at radius 2 is 0.842 bits per heavy atom. The quantitative estimate of drug-likeness (QED) is 0.0711. The molecule has 2 fully saturated rings. The molecule has 412 valence electrons. The summed E-state index contributed by atoms with van der Waals surface area (Å²) in [6.45, 7) is 2.91. The second-order valence-corrected chi connectivity index (χ2v) is 22.9. The Labute approximate surface area is 443 Å². The van der Waals surface area contributed by atoms with Crippen LogP contribution in [-0.4, -0.2) is 152 Å². The Morgan fingerprint density at radius 3 is 1.09 bits per heavy atom. The van der Waals surface area contributed by atoms with E-state index in [1.807, 2.05) is 0 Å². The van der Waals surface area contributed by atoms with Crippen molar-refractivity contribution in [2.75, 3.05) is 42.7 Å². The minimum Gasteiger partial charge on any atom is -0.479 e. The molecule has 2 saturated carbocycles. The highest BCUT2D eigenvalue weighted by atomic mass is 35.5. The monoisotopic (exact) mass is 1150 g/mol. The largest absolute Gasteiger partial charge is 0.479 e. The van der Waals surface area contributed by atoms with Crippen molar-refractivity contribution in [1.82, 2.24) is 69.4 Å². The van der Waals surface area contributed by atoms with Crippen LogP contribution >= 0.6 is 23.2 Å². The van der Waals surface area contributed by atoms with E-state index in [1.54, 1.807) is 0 Å². The molecule has 0 aliphatic heterocycles. The predicted octanol–water partition coefficient (Wildman–Crippen LogP) is 5.94. The van der Waals surface area contributed by atoms with Gasteiger partial charge in [-0.3, -0.25) is 9.13 Å². The lowest BCUT2D eigenvalue weighted by molar-refractivity contribution is 0.0135. The third-order valence-corrected chi connectivity index (χ3v) is 17.6. The Balaban J connectivity index is 0.000000221. The van der Waals surface area contributed by atoms with Crippen molar-refractivity contribution in [3.05, 3.63) is 82.4 Å². The van der Waals surface area contributed by atoms with Gasteiger partial charge in [0.25, 0.3) is 0 Å². The second kappa shape index (κ2) is 24.5. The number of halogens is 6. The summed E-state index contributed by atoms with van der Waals surface area (Å²) in [5.74, 6) is -3.92. The van der Waals surface area contributed by atoms with Gasteiger partial charge in [-0.05, 0) is 39.5 Å². The van der Waals surface area contributed by atoms with Crippen molar-refractivity contribution in [3.8, 4) is 34.9 Å². The molecule has 6 aromatic heterocycles. The zero-order chi connectivity index (χ0) is 55.2. The first-order chi connectivity index (χ1) is 36.2. The van der Waals surface area contributed by atoms with E-state index in [2.05, 4.69) is 60.3 Å². The molecular weight excluding hydrogens is 1100 g/mol. The fraction of sp³-hybridized carbons (Fsp3) is 0.545. The van der Waals surface area contributed by atoms with Gasteiger partial charge >= 0.3 is 0 Å². The third-order valence-electron chi connectivity index (χ3n) is 13.2. The zero-order valence-electron chi connectivity index (χ0n) is 41.9. The van der Waals surface area contributed by atoms with Gasteiger partial charge in [0, 0.05) is 62.7 Å². The van der Waals surface area contributed by atoms with Crippen molar-refractivity contribution < 1.29 is 62.8 Å². The maximum atomic E-state index is 13.7. The maximum Gasteiger partial charge on any atom is 0.245 e. The Hall–Kier alpha value is -6.08. The van der Waals surface area contributed by atoms with Gasteiger partial charge in [0.2, 0.25) is 36.4 Å². The summed E-state index contributed by atoms with van der Waals surface area (Å²) in [6, 6.07) is 0. The zero-order valence-corrected chi connectivity index (χ0v) is 45.1. The number of methoxy groups -OCH3 is 6. The summed E-state index contributed by atoms with van der Waals surface area (Å²) in [5, 5.41) is 14.8. The van der Waals surface area contributed by atoms with Gasteiger partial charge in [-0.15, -0.1) is 20.4 Å². The number of rotatable bonds is 22. The molecule has 0 aromatic carbocycles. The van der Waals surface area contributed by atoms with Crippen LogP contribution < -0.4 is 18.9 Å². The van der Waals surface area contributed by atoms with Gasteiger partial charge in [0.05, 0.1) is 49.0 Å². The summed E-state index contributed by atoms with van der Waals surface area (Å²) in [6.07, 6.45) is 2.00. The van der Waals surface area contributed by atoms with Gasteiger partial charge < -0.3 is 28.4 Å². The van der Waals surface area contributed by atoms with Gasteiger partial charge in [0.1, 0.15) is 48.0 Å². The summed E-state index contributed by atoms with van der Waals surface area (Å²) in [5.41, 5.74) is 0.221. The number of alkyl halides is 4. The van der Waals surface area contributed by atoms with E-state index < -0.39 is 90.4 Å². The van der Waals surface area contributed by atoms with Crippen LogP contribution in [0.25, 0.3) is 11.4 Å². The second-order valence-electron chi connectivity index (χ2n) is 17.3. The minimum atomic E-state index is -4.02. The van der Waals surface area contributed by atoms with Crippen LogP contribution in [0.2, 0.25) is 10.0 Å². The lowest BCUT2D eigenvalue weighted by Crippen LogP contribution is -2.33. The molecule has 2 aliphatic carbocycles. The standard InChI is InChI=1S/2C22H26ClF2N7O5S/c2*1-11(17(35-2)19-26-7-12(23)8-27-19)38(33,34)9-15-30-31-20(14-6-5-13(14)18(24)25)32(15)16-21(36-3)28-10-29-22(16)37-4/h2*7-8,10-11,13-14,17-18H,5-6,9H2,1-4H3/t11-,13+,14+,17-;11-,13-,14-,17-/m00/s1. The van der Waals surface area contributed by atoms with Crippen LogP contribution in [0.5, 0.6) is 23.5 Å². The molecule has 24 nitrogen and oxygen atoms in total. The maximum absolute atomic E-state index is 13.7. The van der Waals surface area contributed by atoms with Crippen molar-refractivity contribution in [2.24, 2.45) is 11.8 Å². The summed E-state index contributed by atoms with van der Waals surface area (Å²) < 4.78 is 144. The number of nitrogens with zero attached hydrogens (tertiary/aromatic N) is 14. The van der Waals surface area contributed by atoms with Crippen molar-refractivity contribution >= 4 is 42.9 Å². The van der Waals surface area contributed by atoms with Crippen LogP contribution in [-0.2, 0) is 40.7 Å². The van der Waals surface area contributed by atoms with E-state index in [1.165, 1.54) is 103 Å². The first kappa shape index (κ1) is 57.6. The number of hydrogen-bond donors (Lipinski definition) is 0. The average Bonchev–Trinajstić information content (AvgIpc) is 3.95. The van der Waals surface area contributed by atoms with Crippen molar-refractivity contribution in [1.29, 1.82) is 0 Å². The molecule has 8 rings (SSSR count). The minimum absolute atomic E-state index is 0.0295. The molecular formula is C44H52Cl2F4N14O10S2. The molecule has 0 saturated heterocycles. The first-order valence-electron chi connectivity index (χ1n) is 23.0. The summed E-state index contributed by atoms with van der Waals surface area (Å²) in [7, 11) is 0.0727. The molecule has 0 bridgehead atoms. The Bertz CT molecular complexity index is 2920. The molecule has 0 N–H and O–H groups in total. The molecule has 6 aromatic rings. The summed E-state index contributed by atoms with van der Waals surface area (Å²) in [4.78, 5) is 32.7. The molecule has 0 unspecified atom stereocenters. The van der Waals surface area contributed by atoms with Crippen LogP contribution in [0.4, 0.5) is 17.6 Å². The highest BCUT2D eigenvalue weighted by Crippen LogP contribution is 2.48. The van der Waals surface area contributed by atoms with E-state index in [4.69, 9.17) is 51.6 Å². The van der Waals surface area contributed by atoms with E-state index in [9.17, 15) is 34.4 Å². The number of aromatic nitrogens is 14. The molecule has 0 amide bonds. The molecule has 8 atom stereocenters. The molecule has 0 spiro atoms. The molecule has 76 heavy (non-hydrogen) atoms. The smallest absolute Gasteiger partial charge is 0.245 e. The fourth-order valence-corrected chi connectivity index (χ4v) is 11.8. The topological polar surface area (TPSA) is 288 Å². The normalized spacial score (nSPS) is 19.2. The lowest BCUT2D eigenvalue weighted by atomic mass is 9.73. The van der Waals surface area contributed by atoms with Crippen LogP contribution in [0.15, 0.2) is 37.4 Å². The van der Waals surface area contributed by atoms with E-state index in [0.29, 0.717) is 25.7 Å². The first-order valence-corrected chi connectivity index (χ1v) is 27.2. The van der Waals surface area contributed by atoms with E-state index >= 15 is 0 Å². The van der Waals surface area contributed by atoms with Gasteiger partial charge in [-0.2, -0.15) is 19.9 Å². The molecule has 0 radical (unpaired) electrons. The van der Waals surface area contributed by atoms with Crippen LogP contribution in [0.3, 0.4) is 0 Å². The fourth-order valence-electron chi connectivity index (χ4n) is 8.74. The van der Waals surface area contributed by atoms with Crippen LogP contribution in [0, 0.1) is 11.8 Å². The highest BCUT2D eigenvalue weighted by molar-refractivity contribution is 7.91. The van der Waals surface area contributed by atoms with Crippen molar-refractivity contribution in [3.63, 3.8) is 0 Å². The lowest BCUT2D eigenvalue weighted by Gasteiger charge is -2.35. The summed E-state index contributed by atoms with van der Waals surface area (Å²) >= 11 is 11.7. The molecule has 2 aliphatic rings. The van der Waals surface area contributed by atoms with E-state index in [-0.39, 0.29) is 79.9 Å². The Kier molecular flexibility index (Phi) is 18.6. The third kappa shape index (κ3) is 11.9. The number of ether oxygens (including phenoxy) is 6. The predicted molar refractivity (Wildman–Crippen MR) is 261 cm³/mol. The number of hydrogen-bond acceptors (Lipinski definition) is 22. The van der Waals surface area contributed by atoms with Gasteiger partial charge in [-0.1, -0.05) is 23.2 Å². The SMILES string of the molecule is COc1ncnc(OC)c1-n1c(CS(=O)(=O)[C@@H](C)[C@H](OC)c2ncc(Cl)cn2)nnc1[C@@H]1CC[C@H]1C(F)F.COc1ncnc(OC)c1-n1c(CS(=O)(=O)[C@@H](C)[C@H](OC)c2ncc(Cl)cn2)nnc1[C@H]1CC[C@@H]1C(F)F. The van der Waals surface area contributed by atoms with Crippen molar-refractivity contribution in [2.45, 2.75) is 98.4 Å².